The fourth-order valence-electron chi connectivity index (χ4n) is 3.95. The van der Waals surface area contributed by atoms with E-state index in [1.54, 1.807) is 13.8 Å². The zero-order valence-electron chi connectivity index (χ0n) is 23.3. The maximum Gasteiger partial charge on any atom is 0.311 e. The molecular weight excluding hydrogens is 480 g/mol. The molecule has 0 radical (unpaired) electrons. The predicted octanol–water partition coefficient (Wildman–Crippen LogP) is 6.78. The summed E-state index contributed by atoms with van der Waals surface area (Å²) in [6.07, 6.45) is 3.03. The van der Waals surface area contributed by atoms with E-state index >= 15 is 0 Å². The number of hydrogen-bond donors (Lipinski definition) is 0. The summed E-state index contributed by atoms with van der Waals surface area (Å²) in [6.45, 7) is 7.95. The first-order valence-electron chi connectivity index (χ1n) is 13.4. The molecule has 0 atom stereocenters. The molecule has 0 amide bonds. The summed E-state index contributed by atoms with van der Waals surface area (Å²) in [7, 11) is 0. The van der Waals surface area contributed by atoms with Crippen LogP contribution in [0, 0.1) is 10.8 Å². The van der Waals surface area contributed by atoms with Crippen LogP contribution in [0.5, 0.6) is 0 Å². The van der Waals surface area contributed by atoms with Crippen LogP contribution in [0.15, 0.2) is 60.7 Å². The van der Waals surface area contributed by atoms with Gasteiger partial charge in [-0.25, -0.2) is 0 Å². The predicted molar refractivity (Wildman–Crippen MR) is 147 cm³/mol. The Balaban J connectivity index is 1.60. The molecule has 0 spiro atoms. The third-order valence-corrected chi connectivity index (χ3v) is 6.65. The number of carbonyl (C=O) groups excluding carboxylic acids is 4. The zero-order chi connectivity index (χ0) is 28.0. The molecule has 0 saturated carbocycles. The molecule has 0 heterocycles. The number of esters is 2. The third-order valence-electron chi connectivity index (χ3n) is 6.65. The van der Waals surface area contributed by atoms with Crippen molar-refractivity contribution in [2.24, 2.45) is 10.8 Å². The standard InChI is InChI=1S/C32H42O6/c1-31(2,22-29(35)37-23-25-12-7-5-8-13-25)20-18-27(33)16-11-17-28(34)19-21-32(3,4)30(36)38-24-26-14-9-6-10-15-26/h5-10,12-15H,11,16-24H2,1-4H3. The van der Waals surface area contributed by atoms with E-state index in [-0.39, 0.29) is 55.0 Å². The molecule has 0 bridgehead atoms. The van der Waals surface area contributed by atoms with Crippen molar-refractivity contribution in [1.29, 1.82) is 0 Å². The Morgan fingerprint density at radius 1 is 0.632 bits per heavy atom. The van der Waals surface area contributed by atoms with Crippen LogP contribution in [0.4, 0.5) is 0 Å². The highest BCUT2D eigenvalue weighted by molar-refractivity contribution is 5.82. The van der Waals surface area contributed by atoms with Crippen molar-refractivity contribution in [2.75, 3.05) is 0 Å². The lowest BCUT2D eigenvalue weighted by Gasteiger charge is -2.23. The highest BCUT2D eigenvalue weighted by atomic mass is 16.5. The van der Waals surface area contributed by atoms with Crippen LogP contribution in [-0.2, 0) is 41.9 Å². The van der Waals surface area contributed by atoms with Crippen LogP contribution in [0.1, 0.15) is 90.2 Å². The minimum absolute atomic E-state index is 0.0447. The van der Waals surface area contributed by atoms with Gasteiger partial charge in [-0.05, 0) is 49.7 Å². The lowest BCUT2D eigenvalue weighted by atomic mass is 9.83. The third kappa shape index (κ3) is 12.3. The zero-order valence-corrected chi connectivity index (χ0v) is 23.3. The largest absolute Gasteiger partial charge is 0.461 e. The van der Waals surface area contributed by atoms with Gasteiger partial charge < -0.3 is 9.47 Å². The lowest BCUT2D eigenvalue weighted by molar-refractivity contribution is -0.156. The Labute approximate surface area is 227 Å². The van der Waals surface area contributed by atoms with Crippen LogP contribution in [-0.4, -0.2) is 23.5 Å². The van der Waals surface area contributed by atoms with Gasteiger partial charge >= 0.3 is 11.9 Å². The molecule has 0 aromatic heterocycles. The number of ether oxygens (including phenoxy) is 2. The number of carbonyl (C=O) groups is 4. The minimum atomic E-state index is -0.756. The van der Waals surface area contributed by atoms with E-state index in [9.17, 15) is 19.2 Å². The van der Waals surface area contributed by atoms with Crippen molar-refractivity contribution in [3.63, 3.8) is 0 Å². The van der Waals surface area contributed by atoms with Crippen molar-refractivity contribution in [2.45, 2.75) is 92.3 Å². The first kappa shape index (κ1) is 30.9. The Kier molecular flexibility index (Phi) is 12.4. The highest BCUT2D eigenvalue weighted by Gasteiger charge is 2.30. The van der Waals surface area contributed by atoms with E-state index in [4.69, 9.17) is 9.47 Å². The molecule has 0 N–H and O–H groups in total. The number of rotatable bonds is 17. The van der Waals surface area contributed by atoms with Gasteiger partial charge in [-0.3, -0.25) is 19.2 Å². The molecule has 2 aromatic rings. The number of benzene rings is 2. The molecule has 6 nitrogen and oxygen atoms in total. The van der Waals surface area contributed by atoms with E-state index in [1.165, 1.54) is 0 Å². The molecule has 0 fully saturated rings. The van der Waals surface area contributed by atoms with Crippen molar-refractivity contribution in [3.8, 4) is 0 Å². The smallest absolute Gasteiger partial charge is 0.311 e. The second-order valence-electron chi connectivity index (χ2n) is 11.4. The van der Waals surface area contributed by atoms with Crippen LogP contribution >= 0.6 is 0 Å². The Hall–Kier alpha value is -3.28. The van der Waals surface area contributed by atoms with Crippen molar-refractivity contribution in [3.05, 3.63) is 71.8 Å². The molecule has 2 rings (SSSR count). The average molecular weight is 523 g/mol. The fraction of sp³-hybridized carbons (Fsp3) is 0.500. The van der Waals surface area contributed by atoms with E-state index in [1.807, 2.05) is 74.5 Å². The number of hydrogen-bond acceptors (Lipinski definition) is 6. The van der Waals surface area contributed by atoms with E-state index in [2.05, 4.69) is 0 Å². The summed E-state index contributed by atoms with van der Waals surface area (Å²) in [5.41, 5.74) is 0.757. The quantitative estimate of drug-likeness (QED) is 0.213. The second-order valence-corrected chi connectivity index (χ2v) is 11.4. The van der Waals surface area contributed by atoms with E-state index in [0.717, 1.165) is 11.1 Å². The van der Waals surface area contributed by atoms with Crippen LogP contribution in [0.2, 0.25) is 0 Å². The fourth-order valence-corrected chi connectivity index (χ4v) is 3.95. The molecule has 0 aliphatic rings. The molecule has 2 aromatic carbocycles. The highest BCUT2D eigenvalue weighted by Crippen LogP contribution is 2.28. The van der Waals surface area contributed by atoms with Crippen molar-refractivity contribution in [1.82, 2.24) is 0 Å². The van der Waals surface area contributed by atoms with Gasteiger partial charge in [0.15, 0.2) is 0 Å². The summed E-state index contributed by atoms with van der Waals surface area (Å²) in [5, 5.41) is 0. The van der Waals surface area contributed by atoms with Gasteiger partial charge in [0.25, 0.3) is 0 Å². The summed E-state index contributed by atoms with van der Waals surface area (Å²) in [6, 6.07) is 19.0. The van der Waals surface area contributed by atoms with E-state index in [0.29, 0.717) is 38.5 Å². The van der Waals surface area contributed by atoms with Crippen LogP contribution < -0.4 is 0 Å². The minimum Gasteiger partial charge on any atom is -0.461 e. The van der Waals surface area contributed by atoms with Gasteiger partial charge in [-0.15, -0.1) is 0 Å². The Morgan fingerprint density at radius 2 is 1.11 bits per heavy atom. The molecular formula is C32H42O6. The molecule has 0 saturated heterocycles. The summed E-state index contributed by atoms with van der Waals surface area (Å²) >= 11 is 0. The van der Waals surface area contributed by atoms with Gasteiger partial charge in [0.1, 0.15) is 24.8 Å². The number of Topliss-reactive ketones (excluding diaryl/α,β-unsaturated/α-hetero) is 2. The molecule has 206 valence electrons. The van der Waals surface area contributed by atoms with E-state index < -0.39 is 5.41 Å². The molecule has 0 aliphatic heterocycles. The SMILES string of the molecule is CC(C)(CCC(=O)CCCC(=O)CCC(C)(C)C(=O)OCc1ccccc1)CC(=O)OCc1ccccc1. The van der Waals surface area contributed by atoms with Crippen LogP contribution in [0.3, 0.4) is 0 Å². The molecule has 6 heteroatoms. The summed E-state index contributed by atoms with van der Waals surface area (Å²) in [4.78, 5) is 49.4. The van der Waals surface area contributed by atoms with Crippen molar-refractivity contribution < 1.29 is 28.7 Å². The van der Waals surface area contributed by atoms with Crippen LogP contribution in [0.25, 0.3) is 0 Å². The summed E-state index contributed by atoms with van der Waals surface area (Å²) in [5.74, 6) is -0.462. The monoisotopic (exact) mass is 522 g/mol. The first-order valence-corrected chi connectivity index (χ1v) is 13.4. The van der Waals surface area contributed by atoms with Gasteiger partial charge in [0.2, 0.25) is 0 Å². The van der Waals surface area contributed by atoms with Gasteiger partial charge in [0.05, 0.1) is 11.8 Å². The van der Waals surface area contributed by atoms with Gasteiger partial charge in [-0.2, -0.15) is 0 Å². The molecule has 38 heavy (non-hydrogen) atoms. The second kappa shape index (κ2) is 15.2. The maximum atomic E-state index is 12.5. The maximum absolute atomic E-state index is 12.5. The lowest BCUT2D eigenvalue weighted by Crippen LogP contribution is -2.27. The average Bonchev–Trinajstić information content (AvgIpc) is 2.89. The van der Waals surface area contributed by atoms with Crippen molar-refractivity contribution >= 4 is 23.5 Å². The number of ketones is 2. The normalized spacial score (nSPS) is 11.6. The molecule has 0 unspecified atom stereocenters. The summed E-state index contributed by atoms with van der Waals surface area (Å²) < 4.78 is 10.8. The van der Waals surface area contributed by atoms with Gasteiger partial charge in [-0.1, -0.05) is 74.5 Å². The topological polar surface area (TPSA) is 86.7 Å². The Bertz CT molecular complexity index is 1040. The first-order chi connectivity index (χ1) is 18.0. The van der Waals surface area contributed by atoms with Gasteiger partial charge in [0, 0.05) is 25.7 Å². The Morgan fingerprint density at radius 3 is 1.63 bits per heavy atom. The molecule has 0 aliphatic carbocycles.